The fourth-order valence-electron chi connectivity index (χ4n) is 5.37. The minimum atomic E-state index is 0.139. The lowest BCUT2D eigenvalue weighted by atomic mass is 9.87. The summed E-state index contributed by atoms with van der Waals surface area (Å²) >= 11 is 0. The zero-order valence-electron chi connectivity index (χ0n) is 20.2. The number of hydrogen-bond donors (Lipinski definition) is 0. The largest absolute Gasteiger partial charge is 0.290 e. The summed E-state index contributed by atoms with van der Waals surface area (Å²) in [6.45, 7) is 9.16. The summed E-state index contributed by atoms with van der Waals surface area (Å²) in [5, 5.41) is 0. The lowest BCUT2D eigenvalue weighted by Gasteiger charge is -2.18. The lowest BCUT2D eigenvalue weighted by molar-refractivity contribution is -0.634. The van der Waals surface area contributed by atoms with Crippen LogP contribution in [0.15, 0.2) is 66.7 Å². The highest BCUT2D eigenvalue weighted by molar-refractivity contribution is 5.80. The molecule has 0 N–H and O–H groups in total. The quantitative estimate of drug-likeness (QED) is 0.301. The fourth-order valence-corrected chi connectivity index (χ4v) is 5.37. The summed E-state index contributed by atoms with van der Waals surface area (Å²) in [6.07, 6.45) is 5.21. The average Bonchev–Trinajstić information content (AvgIpc) is 3.40. The second kappa shape index (κ2) is 7.92. The smallest absolute Gasteiger partial charge is 0.226 e. The van der Waals surface area contributed by atoms with Crippen LogP contribution >= 0.6 is 0 Å². The van der Waals surface area contributed by atoms with E-state index in [0.717, 1.165) is 0 Å². The number of imidazole rings is 1. The van der Waals surface area contributed by atoms with Crippen LogP contribution in [0, 0.1) is 6.92 Å². The second-order valence-electron chi connectivity index (χ2n) is 10.5. The van der Waals surface area contributed by atoms with Crippen molar-refractivity contribution in [3.05, 3.63) is 77.9 Å². The summed E-state index contributed by atoms with van der Waals surface area (Å²) in [4.78, 5) is 0. The summed E-state index contributed by atoms with van der Waals surface area (Å²) < 4.78 is 5.10. The second-order valence-corrected chi connectivity index (χ2v) is 10.5. The highest BCUT2D eigenvalue weighted by Crippen LogP contribution is 2.38. The van der Waals surface area contributed by atoms with Gasteiger partial charge in [-0.25, -0.2) is 9.13 Å². The Kier molecular flexibility index (Phi) is 5.20. The molecule has 164 valence electrons. The average molecular weight is 424 g/mol. The minimum Gasteiger partial charge on any atom is -0.226 e. The van der Waals surface area contributed by atoms with E-state index in [1.165, 1.54) is 70.4 Å². The predicted molar refractivity (Wildman–Crippen MR) is 135 cm³/mol. The first-order chi connectivity index (χ1) is 15.3. The van der Waals surface area contributed by atoms with E-state index in [-0.39, 0.29) is 5.41 Å². The molecule has 1 fully saturated rings. The molecule has 0 amide bonds. The SMILES string of the molecule is Cc1ccc(-c2ccccc2)cc1-c1n(C2CCCC2)c2ccc(C(C)(C)C)cc2[n+]1C. The number of nitrogens with zero attached hydrogens (tertiary/aromatic N) is 2. The van der Waals surface area contributed by atoms with Gasteiger partial charge in [-0.2, -0.15) is 0 Å². The molecule has 1 aliphatic rings. The zero-order valence-corrected chi connectivity index (χ0v) is 20.2. The van der Waals surface area contributed by atoms with E-state index < -0.39 is 0 Å². The summed E-state index contributed by atoms with van der Waals surface area (Å²) in [5.41, 5.74) is 9.47. The molecule has 0 spiro atoms. The predicted octanol–water partition coefficient (Wildman–Crippen LogP) is 7.52. The third kappa shape index (κ3) is 3.56. The summed E-state index contributed by atoms with van der Waals surface area (Å²) in [6, 6.07) is 25.4. The monoisotopic (exact) mass is 423 g/mol. The van der Waals surface area contributed by atoms with E-state index in [2.05, 4.69) is 111 Å². The van der Waals surface area contributed by atoms with Crippen molar-refractivity contribution in [2.45, 2.75) is 64.8 Å². The number of aryl methyl sites for hydroxylation is 2. The van der Waals surface area contributed by atoms with Gasteiger partial charge in [-0.3, -0.25) is 0 Å². The zero-order chi connectivity index (χ0) is 22.5. The van der Waals surface area contributed by atoms with Crippen molar-refractivity contribution in [3.8, 4) is 22.5 Å². The van der Waals surface area contributed by atoms with E-state index in [0.29, 0.717) is 6.04 Å². The van der Waals surface area contributed by atoms with Gasteiger partial charge in [0.25, 0.3) is 5.82 Å². The minimum absolute atomic E-state index is 0.139. The lowest BCUT2D eigenvalue weighted by Crippen LogP contribution is -2.31. The van der Waals surface area contributed by atoms with E-state index >= 15 is 0 Å². The third-order valence-corrected chi connectivity index (χ3v) is 7.28. The molecule has 0 saturated heterocycles. The van der Waals surface area contributed by atoms with E-state index in [1.54, 1.807) is 0 Å². The molecule has 0 radical (unpaired) electrons. The van der Waals surface area contributed by atoms with Gasteiger partial charge < -0.3 is 0 Å². The van der Waals surface area contributed by atoms with Gasteiger partial charge in [0.05, 0.1) is 12.6 Å². The molecule has 0 bridgehead atoms. The van der Waals surface area contributed by atoms with Crippen LogP contribution in [0.25, 0.3) is 33.5 Å². The molecule has 32 heavy (non-hydrogen) atoms. The van der Waals surface area contributed by atoms with E-state index in [4.69, 9.17) is 0 Å². The molecular formula is C30H35N2+. The molecular weight excluding hydrogens is 388 g/mol. The Labute approximate surface area is 192 Å². The van der Waals surface area contributed by atoms with Crippen LogP contribution in [0.3, 0.4) is 0 Å². The third-order valence-electron chi connectivity index (χ3n) is 7.28. The Hall–Kier alpha value is -2.87. The van der Waals surface area contributed by atoms with Crippen LogP contribution in [0.2, 0.25) is 0 Å². The molecule has 4 aromatic rings. The van der Waals surface area contributed by atoms with Gasteiger partial charge in [-0.1, -0.05) is 69.3 Å². The van der Waals surface area contributed by atoms with Crippen molar-refractivity contribution >= 4 is 11.0 Å². The highest BCUT2D eigenvalue weighted by atomic mass is 15.2. The summed E-state index contributed by atoms with van der Waals surface area (Å²) in [7, 11) is 2.25. The van der Waals surface area contributed by atoms with Gasteiger partial charge in [0.15, 0.2) is 11.0 Å². The maximum Gasteiger partial charge on any atom is 0.290 e. The van der Waals surface area contributed by atoms with Gasteiger partial charge >= 0.3 is 0 Å². The van der Waals surface area contributed by atoms with Crippen molar-refractivity contribution < 1.29 is 4.57 Å². The van der Waals surface area contributed by atoms with Crippen LogP contribution in [-0.4, -0.2) is 4.57 Å². The number of rotatable bonds is 3. The number of hydrogen-bond acceptors (Lipinski definition) is 0. The molecule has 3 aromatic carbocycles. The van der Waals surface area contributed by atoms with E-state index in [1.807, 2.05) is 0 Å². The first-order valence-electron chi connectivity index (χ1n) is 12.1. The molecule has 1 saturated carbocycles. The normalized spacial score (nSPS) is 15.0. The topological polar surface area (TPSA) is 8.81 Å². The maximum absolute atomic E-state index is 2.66. The maximum atomic E-state index is 2.66. The Morgan fingerprint density at radius 1 is 0.844 bits per heavy atom. The molecule has 1 aromatic heterocycles. The van der Waals surface area contributed by atoms with Crippen LogP contribution in [0.4, 0.5) is 0 Å². The van der Waals surface area contributed by atoms with Crippen LogP contribution in [-0.2, 0) is 12.5 Å². The first kappa shape index (κ1) is 21.0. The van der Waals surface area contributed by atoms with E-state index in [9.17, 15) is 0 Å². The Morgan fingerprint density at radius 3 is 2.25 bits per heavy atom. The van der Waals surface area contributed by atoms with Gasteiger partial charge in [0.2, 0.25) is 0 Å². The molecule has 1 aliphatic carbocycles. The molecule has 1 heterocycles. The summed E-state index contributed by atoms with van der Waals surface area (Å²) in [5.74, 6) is 1.34. The van der Waals surface area contributed by atoms with Crippen molar-refractivity contribution in [1.29, 1.82) is 0 Å². The molecule has 0 aliphatic heterocycles. The fraction of sp³-hybridized carbons (Fsp3) is 0.367. The molecule has 5 rings (SSSR count). The van der Waals surface area contributed by atoms with Crippen LogP contribution in [0.5, 0.6) is 0 Å². The molecule has 2 nitrogen and oxygen atoms in total. The van der Waals surface area contributed by atoms with Crippen molar-refractivity contribution in [1.82, 2.24) is 4.57 Å². The van der Waals surface area contributed by atoms with Gasteiger partial charge in [-0.05, 0) is 78.5 Å². The highest BCUT2D eigenvalue weighted by Gasteiger charge is 2.33. The Bertz CT molecular complexity index is 1270. The van der Waals surface area contributed by atoms with Crippen molar-refractivity contribution in [2.24, 2.45) is 7.05 Å². The number of fused-ring (bicyclic) bond motifs is 1. The number of aromatic nitrogens is 2. The van der Waals surface area contributed by atoms with Gasteiger partial charge in [0, 0.05) is 0 Å². The first-order valence-corrected chi connectivity index (χ1v) is 12.1. The Balaban J connectivity index is 1.78. The molecule has 2 heteroatoms. The van der Waals surface area contributed by atoms with Crippen molar-refractivity contribution in [3.63, 3.8) is 0 Å². The number of benzene rings is 3. The molecule has 0 atom stereocenters. The Morgan fingerprint density at radius 2 is 1.56 bits per heavy atom. The van der Waals surface area contributed by atoms with Crippen molar-refractivity contribution in [2.75, 3.05) is 0 Å². The van der Waals surface area contributed by atoms with Crippen LogP contribution < -0.4 is 4.57 Å². The van der Waals surface area contributed by atoms with Crippen LogP contribution in [0.1, 0.15) is 63.6 Å². The molecule has 0 unspecified atom stereocenters. The standard InChI is InChI=1S/C30H35N2/c1-21-15-16-23(22-11-7-6-8-12-22)19-26(21)29-31(5)28-20-24(30(2,3)4)17-18-27(28)32(29)25-13-9-10-14-25/h6-8,11-12,15-20,25H,9-10,13-14H2,1-5H3/q+1. The van der Waals surface area contributed by atoms with Gasteiger partial charge in [-0.15, -0.1) is 0 Å². The van der Waals surface area contributed by atoms with Gasteiger partial charge in [0.1, 0.15) is 6.04 Å².